The number of methoxy groups -OCH3 is 1. The summed E-state index contributed by atoms with van der Waals surface area (Å²) in [6.45, 7) is 1.53. The number of piperidine rings is 1. The van der Waals surface area contributed by atoms with E-state index in [-0.39, 0.29) is 17.6 Å². The van der Waals surface area contributed by atoms with E-state index < -0.39 is 5.60 Å². The van der Waals surface area contributed by atoms with E-state index in [0.29, 0.717) is 6.54 Å². The Morgan fingerprint density at radius 3 is 3.12 bits per heavy atom. The van der Waals surface area contributed by atoms with Crippen molar-refractivity contribution >= 4 is 0 Å². The third-order valence-corrected chi connectivity index (χ3v) is 6.97. The highest BCUT2D eigenvalue weighted by Crippen LogP contribution is 2.65. The normalized spacial score (nSPS) is 38.9. The number of likely N-dealkylation sites (tertiary alicyclic amines) is 1. The van der Waals surface area contributed by atoms with E-state index >= 15 is 0 Å². The Morgan fingerprint density at radius 1 is 1.46 bits per heavy atom. The standard InChI is InChI=1S/C20H23NO3/c1-3-10-21-11-9-19-16-5-4-8-20(19,22)15(21)12-13-6-7-14(23-2)18(24-16)17(13)19/h1,6-7,15-16,22H,4-5,8-12H2,2H3/t15-,16+,19-,20-/m1/s1. The zero-order valence-corrected chi connectivity index (χ0v) is 14.0. The van der Waals surface area contributed by atoms with E-state index in [1.807, 2.05) is 6.07 Å². The van der Waals surface area contributed by atoms with Gasteiger partial charge in [0.1, 0.15) is 6.10 Å². The molecular formula is C20H23NO3. The summed E-state index contributed by atoms with van der Waals surface area (Å²) in [5.74, 6) is 4.46. The van der Waals surface area contributed by atoms with Gasteiger partial charge in [-0.1, -0.05) is 12.0 Å². The van der Waals surface area contributed by atoms with Crippen LogP contribution in [0.1, 0.15) is 36.8 Å². The smallest absolute Gasteiger partial charge is 0.165 e. The van der Waals surface area contributed by atoms with Crippen LogP contribution in [0.2, 0.25) is 0 Å². The Labute approximate surface area is 142 Å². The summed E-state index contributed by atoms with van der Waals surface area (Å²) in [6, 6.07) is 4.25. The molecule has 126 valence electrons. The Hall–Kier alpha value is -1.70. The van der Waals surface area contributed by atoms with Crippen LogP contribution < -0.4 is 9.47 Å². The van der Waals surface area contributed by atoms with E-state index in [0.717, 1.165) is 50.1 Å². The van der Waals surface area contributed by atoms with Gasteiger partial charge in [-0.15, -0.1) is 6.42 Å². The Bertz CT molecular complexity index is 754. The Morgan fingerprint density at radius 2 is 2.33 bits per heavy atom. The first-order valence-corrected chi connectivity index (χ1v) is 8.92. The molecular weight excluding hydrogens is 302 g/mol. The van der Waals surface area contributed by atoms with Crippen molar-refractivity contribution < 1.29 is 14.6 Å². The molecule has 24 heavy (non-hydrogen) atoms. The highest BCUT2D eigenvalue weighted by Gasteiger charge is 2.70. The number of aliphatic hydroxyl groups is 1. The van der Waals surface area contributed by atoms with Gasteiger partial charge in [0.2, 0.25) is 0 Å². The van der Waals surface area contributed by atoms with Gasteiger partial charge in [0.05, 0.1) is 24.7 Å². The lowest BCUT2D eigenvalue weighted by Crippen LogP contribution is -2.75. The minimum Gasteiger partial charge on any atom is -0.493 e. The number of nitrogens with zero attached hydrogens (tertiary/aromatic N) is 1. The third-order valence-electron chi connectivity index (χ3n) is 6.97. The predicted octanol–water partition coefficient (Wildman–Crippen LogP) is 1.87. The van der Waals surface area contributed by atoms with Crippen molar-refractivity contribution in [3.63, 3.8) is 0 Å². The van der Waals surface area contributed by atoms with Crippen molar-refractivity contribution in [2.24, 2.45) is 0 Å². The highest BCUT2D eigenvalue weighted by molar-refractivity contribution is 5.62. The summed E-state index contributed by atoms with van der Waals surface area (Å²) in [4.78, 5) is 2.30. The fraction of sp³-hybridized carbons (Fsp3) is 0.600. The zero-order valence-electron chi connectivity index (χ0n) is 14.0. The van der Waals surface area contributed by atoms with Gasteiger partial charge in [0, 0.05) is 18.2 Å². The van der Waals surface area contributed by atoms with E-state index in [1.165, 1.54) is 11.1 Å². The van der Waals surface area contributed by atoms with Crippen molar-refractivity contribution in [2.45, 2.75) is 55.3 Å². The molecule has 2 fully saturated rings. The van der Waals surface area contributed by atoms with Crippen LogP contribution in [0.3, 0.4) is 0 Å². The quantitative estimate of drug-likeness (QED) is 0.843. The van der Waals surface area contributed by atoms with Crippen LogP contribution in [0.15, 0.2) is 12.1 Å². The molecule has 4 atom stereocenters. The first kappa shape index (κ1) is 14.6. The molecule has 4 heteroatoms. The number of hydrogen-bond donors (Lipinski definition) is 1. The van der Waals surface area contributed by atoms with Gasteiger partial charge in [-0.3, -0.25) is 4.90 Å². The number of rotatable bonds is 2. The second-order valence-corrected chi connectivity index (χ2v) is 7.67. The summed E-state index contributed by atoms with van der Waals surface area (Å²) in [7, 11) is 1.69. The van der Waals surface area contributed by atoms with Crippen LogP contribution in [-0.2, 0) is 11.8 Å². The minimum absolute atomic E-state index is 0.0529. The summed E-state index contributed by atoms with van der Waals surface area (Å²) in [5, 5.41) is 11.9. The number of ether oxygens (including phenoxy) is 2. The maximum Gasteiger partial charge on any atom is 0.165 e. The van der Waals surface area contributed by atoms with Gasteiger partial charge >= 0.3 is 0 Å². The van der Waals surface area contributed by atoms with E-state index in [9.17, 15) is 5.11 Å². The Kier molecular flexibility index (Phi) is 2.85. The molecule has 2 aliphatic heterocycles. The topological polar surface area (TPSA) is 41.9 Å². The van der Waals surface area contributed by atoms with E-state index in [2.05, 4.69) is 16.9 Å². The van der Waals surface area contributed by atoms with Crippen molar-refractivity contribution in [1.29, 1.82) is 0 Å². The van der Waals surface area contributed by atoms with Gasteiger partial charge in [-0.2, -0.15) is 0 Å². The molecule has 0 unspecified atom stereocenters. The van der Waals surface area contributed by atoms with Crippen molar-refractivity contribution in [3.8, 4) is 23.8 Å². The summed E-state index contributed by atoms with van der Waals surface area (Å²) < 4.78 is 12.0. The molecule has 1 spiro atoms. The SMILES string of the molecule is C#CCN1CC[C@]23c4c5ccc(OC)c4O[C@H]2CCC[C@@]3(O)[C@H]1C5. The molecule has 0 amide bonds. The second kappa shape index (κ2) is 4.68. The van der Waals surface area contributed by atoms with Gasteiger partial charge in [0.25, 0.3) is 0 Å². The monoisotopic (exact) mass is 325 g/mol. The maximum absolute atomic E-state index is 11.9. The maximum atomic E-state index is 11.9. The largest absolute Gasteiger partial charge is 0.493 e. The van der Waals surface area contributed by atoms with Crippen molar-refractivity contribution in [1.82, 2.24) is 4.90 Å². The fourth-order valence-electron chi connectivity index (χ4n) is 6.08. The molecule has 1 aromatic rings. The van der Waals surface area contributed by atoms with Crippen LogP contribution in [0.25, 0.3) is 0 Å². The predicted molar refractivity (Wildman–Crippen MR) is 90.4 cm³/mol. The fourth-order valence-corrected chi connectivity index (χ4v) is 6.08. The molecule has 5 rings (SSSR count). The molecule has 2 heterocycles. The Balaban J connectivity index is 1.77. The van der Waals surface area contributed by atoms with Crippen LogP contribution in [0.4, 0.5) is 0 Å². The molecule has 1 saturated carbocycles. The van der Waals surface area contributed by atoms with Gasteiger partial charge in [-0.25, -0.2) is 0 Å². The summed E-state index contributed by atoms with van der Waals surface area (Å²) in [6.07, 6.45) is 10.2. The average Bonchev–Trinajstić information content (AvgIpc) is 2.91. The van der Waals surface area contributed by atoms with Crippen LogP contribution in [-0.4, -0.2) is 48.0 Å². The lowest BCUT2D eigenvalue weighted by Gasteiger charge is -2.62. The summed E-state index contributed by atoms with van der Waals surface area (Å²) >= 11 is 0. The molecule has 4 aliphatic rings. The van der Waals surface area contributed by atoms with E-state index in [4.69, 9.17) is 15.9 Å². The first-order chi connectivity index (χ1) is 11.7. The molecule has 1 saturated heterocycles. The lowest BCUT2D eigenvalue weighted by molar-refractivity contribution is -0.182. The molecule has 0 radical (unpaired) electrons. The van der Waals surface area contributed by atoms with Crippen LogP contribution in [0.5, 0.6) is 11.5 Å². The van der Waals surface area contributed by atoms with Crippen molar-refractivity contribution in [2.75, 3.05) is 20.2 Å². The minimum atomic E-state index is -0.754. The molecule has 1 N–H and O–H groups in total. The molecule has 2 bridgehead atoms. The average molecular weight is 325 g/mol. The second-order valence-electron chi connectivity index (χ2n) is 7.67. The van der Waals surface area contributed by atoms with Gasteiger partial charge < -0.3 is 14.6 Å². The van der Waals surface area contributed by atoms with E-state index in [1.54, 1.807) is 7.11 Å². The van der Waals surface area contributed by atoms with Crippen molar-refractivity contribution in [3.05, 3.63) is 23.3 Å². The van der Waals surface area contributed by atoms with Gasteiger partial charge in [-0.05, 0) is 43.7 Å². The van der Waals surface area contributed by atoms with Gasteiger partial charge in [0.15, 0.2) is 11.5 Å². The number of terminal acetylenes is 1. The van der Waals surface area contributed by atoms with Crippen LogP contribution in [0, 0.1) is 12.3 Å². The summed E-state index contributed by atoms with van der Waals surface area (Å²) in [5.41, 5.74) is 1.48. The molecule has 2 aliphatic carbocycles. The molecule has 4 nitrogen and oxygen atoms in total. The first-order valence-electron chi connectivity index (χ1n) is 8.92. The molecule has 1 aromatic carbocycles. The zero-order chi connectivity index (χ0) is 16.5. The molecule has 0 aromatic heterocycles. The highest BCUT2D eigenvalue weighted by atomic mass is 16.5. The third kappa shape index (κ3) is 1.45. The number of hydrogen-bond acceptors (Lipinski definition) is 4. The number of benzene rings is 1. The van der Waals surface area contributed by atoms with Crippen LogP contribution >= 0.6 is 0 Å². The lowest BCUT2D eigenvalue weighted by atomic mass is 9.49.